The summed E-state index contributed by atoms with van der Waals surface area (Å²) >= 11 is 1.42. The Morgan fingerprint density at radius 3 is 2.58 bits per heavy atom. The summed E-state index contributed by atoms with van der Waals surface area (Å²) < 4.78 is 5.30. The van der Waals surface area contributed by atoms with Gasteiger partial charge in [0.25, 0.3) is 0 Å². The highest BCUT2D eigenvalue weighted by molar-refractivity contribution is 7.17. The predicted octanol–water partition coefficient (Wildman–Crippen LogP) is 2.30. The predicted molar refractivity (Wildman–Crippen MR) is 96.0 cm³/mol. The zero-order chi connectivity index (χ0) is 18.7. The van der Waals surface area contributed by atoms with Gasteiger partial charge in [-0.05, 0) is 44.1 Å². The minimum atomic E-state index is -1.17. The average Bonchev–Trinajstić information content (AvgIpc) is 3.20. The number of carbonyl (C=O) groups is 3. The van der Waals surface area contributed by atoms with E-state index >= 15 is 0 Å². The SMILES string of the molecule is CCCOC(=O)c1c(NC(=O)[C@H]2CCCC[C@H]2C(=O)[O-])sc2c1CCC2. The molecular weight excluding hydrogens is 354 g/mol. The number of carboxylic acids is 1. The van der Waals surface area contributed by atoms with E-state index in [0.717, 1.165) is 49.0 Å². The summed E-state index contributed by atoms with van der Waals surface area (Å²) in [6.45, 7) is 2.27. The van der Waals surface area contributed by atoms with Gasteiger partial charge in [0.05, 0.1) is 12.2 Å². The Balaban J connectivity index is 1.82. The number of hydrogen-bond donors (Lipinski definition) is 1. The maximum Gasteiger partial charge on any atom is 0.341 e. The van der Waals surface area contributed by atoms with E-state index in [-0.39, 0.29) is 5.91 Å². The Kier molecular flexibility index (Phi) is 5.96. The largest absolute Gasteiger partial charge is 0.550 e. The average molecular weight is 378 g/mol. The number of fused-ring (bicyclic) bond motifs is 1. The molecule has 0 aliphatic heterocycles. The standard InChI is InChI=1S/C19H25NO5S/c1-2-10-25-19(24)15-13-8-5-9-14(13)26-17(15)20-16(21)11-6-3-4-7-12(11)18(22)23/h11-12H,2-10H2,1H3,(H,20,21)(H,22,23)/p-1/t11-,12+/m0/s1. The van der Waals surface area contributed by atoms with Crippen molar-refractivity contribution in [1.82, 2.24) is 0 Å². The number of rotatable bonds is 6. The van der Waals surface area contributed by atoms with Crippen LogP contribution in [0.2, 0.25) is 0 Å². The number of ether oxygens (including phenoxy) is 1. The number of aliphatic carboxylic acids is 1. The van der Waals surface area contributed by atoms with Crippen LogP contribution in [0.15, 0.2) is 0 Å². The summed E-state index contributed by atoms with van der Waals surface area (Å²) in [6, 6.07) is 0. The quantitative estimate of drug-likeness (QED) is 0.766. The first-order chi connectivity index (χ1) is 12.5. The highest BCUT2D eigenvalue weighted by Gasteiger charge is 2.34. The number of aryl methyl sites for hydroxylation is 1. The molecule has 142 valence electrons. The lowest BCUT2D eigenvalue weighted by atomic mass is 9.79. The van der Waals surface area contributed by atoms with Crippen LogP contribution in [-0.4, -0.2) is 24.5 Å². The van der Waals surface area contributed by atoms with Crippen molar-refractivity contribution in [1.29, 1.82) is 0 Å². The van der Waals surface area contributed by atoms with Gasteiger partial charge >= 0.3 is 5.97 Å². The fourth-order valence-corrected chi connectivity index (χ4v) is 5.19. The summed E-state index contributed by atoms with van der Waals surface area (Å²) in [5.74, 6) is -3.26. The van der Waals surface area contributed by atoms with Crippen molar-refractivity contribution in [2.75, 3.05) is 11.9 Å². The van der Waals surface area contributed by atoms with Crippen LogP contribution in [0.3, 0.4) is 0 Å². The van der Waals surface area contributed by atoms with Crippen molar-refractivity contribution in [2.45, 2.75) is 58.3 Å². The first-order valence-electron chi connectivity index (χ1n) is 9.36. The highest BCUT2D eigenvalue weighted by Crippen LogP contribution is 2.40. The molecule has 1 heterocycles. The fraction of sp³-hybridized carbons (Fsp3) is 0.632. The maximum atomic E-state index is 12.8. The molecule has 1 fully saturated rings. The van der Waals surface area contributed by atoms with E-state index in [9.17, 15) is 19.5 Å². The zero-order valence-electron chi connectivity index (χ0n) is 15.0. The van der Waals surface area contributed by atoms with Gasteiger partial charge in [-0.15, -0.1) is 11.3 Å². The summed E-state index contributed by atoms with van der Waals surface area (Å²) in [5, 5.41) is 14.7. The van der Waals surface area contributed by atoms with Gasteiger partial charge in [-0.1, -0.05) is 19.8 Å². The Labute approximate surface area is 156 Å². The Bertz CT molecular complexity index is 711. The number of nitrogens with one attached hydrogen (secondary N) is 1. The van der Waals surface area contributed by atoms with Gasteiger partial charge in [0.2, 0.25) is 5.91 Å². The van der Waals surface area contributed by atoms with Crippen LogP contribution in [-0.2, 0) is 27.2 Å². The number of hydrogen-bond acceptors (Lipinski definition) is 6. The van der Waals surface area contributed by atoms with Crippen LogP contribution < -0.4 is 10.4 Å². The zero-order valence-corrected chi connectivity index (χ0v) is 15.8. The molecule has 2 aliphatic carbocycles. The lowest BCUT2D eigenvalue weighted by Crippen LogP contribution is -2.42. The maximum absolute atomic E-state index is 12.8. The van der Waals surface area contributed by atoms with Crippen LogP contribution >= 0.6 is 11.3 Å². The number of esters is 1. The van der Waals surface area contributed by atoms with E-state index in [1.807, 2.05) is 6.92 Å². The molecule has 0 unspecified atom stereocenters. The third-order valence-electron chi connectivity index (χ3n) is 5.20. The normalized spacial score (nSPS) is 21.9. The molecule has 0 aromatic carbocycles. The van der Waals surface area contributed by atoms with E-state index in [2.05, 4.69) is 5.32 Å². The topological polar surface area (TPSA) is 95.5 Å². The van der Waals surface area contributed by atoms with Gasteiger partial charge in [0.1, 0.15) is 5.00 Å². The summed E-state index contributed by atoms with van der Waals surface area (Å²) in [5.41, 5.74) is 1.44. The van der Waals surface area contributed by atoms with Crippen LogP contribution in [0.1, 0.15) is 66.2 Å². The van der Waals surface area contributed by atoms with Crippen molar-refractivity contribution in [3.05, 3.63) is 16.0 Å². The van der Waals surface area contributed by atoms with Crippen LogP contribution in [0.5, 0.6) is 0 Å². The lowest BCUT2D eigenvalue weighted by molar-refractivity contribution is -0.313. The molecule has 1 N–H and O–H groups in total. The third kappa shape index (κ3) is 3.77. The van der Waals surface area contributed by atoms with Gasteiger partial charge in [-0.3, -0.25) is 4.79 Å². The summed E-state index contributed by atoms with van der Waals surface area (Å²) in [6.07, 6.45) is 6.06. The Morgan fingerprint density at radius 1 is 1.15 bits per heavy atom. The number of carbonyl (C=O) groups excluding carboxylic acids is 3. The van der Waals surface area contributed by atoms with Gasteiger partial charge < -0.3 is 20.0 Å². The molecule has 7 heteroatoms. The first kappa shape index (κ1) is 18.9. The van der Waals surface area contributed by atoms with Crippen LogP contribution in [0, 0.1) is 11.8 Å². The monoisotopic (exact) mass is 378 g/mol. The second-order valence-corrected chi connectivity index (χ2v) is 8.11. The van der Waals surface area contributed by atoms with Gasteiger partial charge in [-0.2, -0.15) is 0 Å². The minimum absolute atomic E-state index is 0.330. The molecule has 1 aromatic heterocycles. The molecule has 0 saturated heterocycles. The van der Waals surface area contributed by atoms with Crippen LogP contribution in [0.25, 0.3) is 0 Å². The Morgan fingerprint density at radius 2 is 1.88 bits per heavy atom. The molecule has 1 aromatic rings. The molecule has 1 amide bonds. The molecule has 0 bridgehead atoms. The highest BCUT2D eigenvalue weighted by atomic mass is 32.1. The minimum Gasteiger partial charge on any atom is -0.550 e. The molecule has 0 spiro atoms. The summed E-state index contributed by atoms with van der Waals surface area (Å²) in [4.78, 5) is 37.7. The van der Waals surface area contributed by atoms with Crippen molar-refractivity contribution >= 4 is 34.2 Å². The van der Waals surface area contributed by atoms with Gasteiger partial charge in [0.15, 0.2) is 0 Å². The number of amides is 1. The van der Waals surface area contributed by atoms with E-state index in [1.54, 1.807) is 0 Å². The van der Waals surface area contributed by atoms with Gasteiger partial charge in [0, 0.05) is 22.7 Å². The fourth-order valence-electron chi connectivity index (χ4n) is 3.91. The van der Waals surface area contributed by atoms with Crippen molar-refractivity contribution in [3.8, 4) is 0 Å². The summed E-state index contributed by atoms with van der Waals surface area (Å²) in [7, 11) is 0. The van der Waals surface area contributed by atoms with E-state index < -0.39 is 23.8 Å². The molecule has 2 aliphatic rings. The van der Waals surface area contributed by atoms with E-state index in [0.29, 0.717) is 30.0 Å². The van der Waals surface area contributed by atoms with Crippen LogP contribution in [0.4, 0.5) is 5.00 Å². The second kappa shape index (κ2) is 8.20. The third-order valence-corrected chi connectivity index (χ3v) is 6.41. The Hall–Kier alpha value is -1.89. The second-order valence-electron chi connectivity index (χ2n) is 7.00. The van der Waals surface area contributed by atoms with Crippen molar-refractivity contribution in [3.63, 3.8) is 0 Å². The van der Waals surface area contributed by atoms with Crippen molar-refractivity contribution < 1.29 is 24.2 Å². The lowest BCUT2D eigenvalue weighted by Gasteiger charge is -2.31. The number of thiophene rings is 1. The van der Waals surface area contributed by atoms with E-state index in [1.165, 1.54) is 11.3 Å². The molecule has 3 rings (SSSR count). The number of carboxylic acid groups (broad SMARTS) is 1. The molecule has 0 radical (unpaired) electrons. The van der Waals surface area contributed by atoms with Crippen molar-refractivity contribution in [2.24, 2.45) is 11.8 Å². The molecule has 2 atom stereocenters. The molecule has 6 nitrogen and oxygen atoms in total. The van der Waals surface area contributed by atoms with Gasteiger partial charge in [-0.25, -0.2) is 4.79 Å². The number of anilines is 1. The first-order valence-corrected chi connectivity index (χ1v) is 10.2. The molecule has 1 saturated carbocycles. The van der Waals surface area contributed by atoms with E-state index in [4.69, 9.17) is 4.74 Å². The molecule has 26 heavy (non-hydrogen) atoms. The molecular formula is C19H24NO5S-. The smallest absolute Gasteiger partial charge is 0.341 e.